The summed E-state index contributed by atoms with van der Waals surface area (Å²) in [5.74, 6) is 0.116. The van der Waals surface area contributed by atoms with Gasteiger partial charge in [-0.15, -0.1) is 0 Å². The van der Waals surface area contributed by atoms with Crippen molar-refractivity contribution in [2.75, 3.05) is 0 Å². The Bertz CT molecular complexity index is 1110. The molecule has 0 spiro atoms. The van der Waals surface area contributed by atoms with E-state index in [1.165, 1.54) is 11.6 Å². The smallest absolute Gasteiger partial charge is 0.151 e. The van der Waals surface area contributed by atoms with Crippen LogP contribution in [0.4, 0.5) is 4.39 Å². The zero-order chi connectivity index (χ0) is 17.7. The van der Waals surface area contributed by atoms with E-state index in [0.29, 0.717) is 23.9 Å². The van der Waals surface area contributed by atoms with Gasteiger partial charge in [0.05, 0.1) is 29.4 Å². The van der Waals surface area contributed by atoms with Gasteiger partial charge in [-0.1, -0.05) is 6.07 Å². The van der Waals surface area contributed by atoms with Gasteiger partial charge in [0.1, 0.15) is 11.4 Å². The minimum Gasteiger partial charge on any atom is -0.334 e. The number of aromatic nitrogens is 5. The number of benzene rings is 1. The fourth-order valence-corrected chi connectivity index (χ4v) is 3.51. The molecular formula is C20H18FN5. The molecule has 0 saturated heterocycles. The summed E-state index contributed by atoms with van der Waals surface area (Å²) in [7, 11) is 1.99. The summed E-state index contributed by atoms with van der Waals surface area (Å²) in [5, 5.41) is 0. The molecule has 0 bridgehead atoms. The first-order valence-electron chi connectivity index (χ1n) is 8.76. The normalized spacial score (nSPS) is 14.2. The average Bonchev–Trinajstić information content (AvgIpc) is 3.31. The van der Waals surface area contributed by atoms with Crippen LogP contribution in [-0.4, -0.2) is 24.1 Å². The van der Waals surface area contributed by atoms with Crippen LogP contribution in [-0.2, 0) is 13.6 Å². The molecule has 6 heteroatoms. The zero-order valence-electron chi connectivity index (χ0n) is 14.4. The van der Waals surface area contributed by atoms with Gasteiger partial charge in [-0.25, -0.2) is 14.4 Å². The van der Waals surface area contributed by atoms with Gasteiger partial charge in [-0.3, -0.25) is 4.98 Å². The van der Waals surface area contributed by atoms with Crippen LogP contribution in [0.1, 0.15) is 30.0 Å². The molecule has 26 heavy (non-hydrogen) atoms. The van der Waals surface area contributed by atoms with Crippen LogP contribution in [0.15, 0.2) is 49.2 Å². The van der Waals surface area contributed by atoms with Gasteiger partial charge in [0, 0.05) is 25.7 Å². The molecule has 4 aromatic rings. The van der Waals surface area contributed by atoms with Crippen molar-refractivity contribution in [2.24, 2.45) is 7.05 Å². The van der Waals surface area contributed by atoms with E-state index >= 15 is 0 Å². The number of aryl methyl sites for hydroxylation is 1. The van der Waals surface area contributed by atoms with Crippen molar-refractivity contribution in [2.45, 2.75) is 25.3 Å². The number of rotatable bonds is 4. The summed E-state index contributed by atoms with van der Waals surface area (Å²) >= 11 is 0. The highest BCUT2D eigenvalue weighted by molar-refractivity contribution is 5.76. The zero-order valence-corrected chi connectivity index (χ0v) is 14.4. The molecule has 0 aliphatic heterocycles. The number of imidazole rings is 2. The Kier molecular flexibility index (Phi) is 3.38. The molecule has 1 aliphatic rings. The van der Waals surface area contributed by atoms with Crippen molar-refractivity contribution in [3.63, 3.8) is 0 Å². The summed E-state index contributed by atoms with van der Waals surface area (Å²) in [6, 6.07) is 9.33. The number of hydrogen-bond acceptors (Lipinski definition) is 3. The molecule has 3 heterocycles. The lowest BCUT2D eigenvalue weighted by Crippen LogP contribution is -2.04. The van der Waals surface area contributed by atoms with Crippen molar-refractivity contribution < 1.29 is 4.39 Å². The summed E-state index contributed by atoms with van der Waals surface area (Å²) in [5.41, 5.74) is 5.37. The van der Waals surface area contributed by atoms with E-state index in [0.717, 1.165) is 29.6 Å². The molecule has 130 valence electrons. The van der Waals surface area contributed by atoms with Crippen LogP contribution in [0.3, 0.4) is 0 Å². The molecule has 3 aromatic heterocycles. The van der Waals surface area contributed by atoms with Crippen LogP contribution in [0.5, 0.6) is 0 Å². The van der Waals surface area contributed by atoms with Crippen molar-refractivity contribution in [3.8, 4) is 11.4 Å². The molecule has 0 N–H and O–H groups in total. The average molecular weight is 347 g/mol. The first kappa shape index (κ1) is 15.3. The van der Waals surface area contributed by atoms with E-state index in [9.17, 15) is 4.39 Å². The molecule has 0 radical (unpaired) electrons. The molecule has 0 atom stereocenters. The monoisotopic (exact) mass is 347 g/mol. The highest BCUT2D eigenvalue weighted by atomic mass is 19.1. The highest BCUT2D eigenvalue weighted by Crippen LogP contribution is 2.44. The van der Waals surface area contributed by atoms with Crippen molar-refractivity contribution in [1.82, 2.24) is 24.1 Å². The maximum atomic E-state index is 14.2. The van der Waals surface area contributed by atoms with E-state index < -0.39 is 0 Å². The molecule has 1 aliphatic carbocycles. The minimum atomic E-state index is -0.323. The maximum Gasteiger partial charge on any atom is 0.151 e. The number of halogens is 1. The van der Waals surface area contributed by atoms with Gasteiger partial charge in [0.15, 0.2) is 5.82 Å². The lowest BCUT2D eigenvalue weighted by molar-refractivity contribution is 0.624. The fourth-order valence-electron chi connectivity index (χ4n) is 3.51. The third-order valence-corrected chi connectivity index (χ3v) is 4.97. The summed E-state index contributed by atoms with van der Waals surface area (Å²) in [6.07, 6.45) is 7.49. The highest BCUT2D eigenvalue weighted by Gasteiger charge is 2.32. The number of nitrogens with zero attached hydrogens (tertiary/aromatic N) is 5. The Balaban J connectivity index is 1.56. The van der Waals surface area contributed by atoms with Gasteiger partial charge in [-0.2, -0.15) is 0 Å². The summed E-state index contributed by atoms with van der Waals surface area (Å²) in [6.45, 7) is 0.703. The van der Waals surface area contributed by atoms with Crippen LogP contribution < -0.4 is 0 Å². The standard InChI is InChI=1S/C20H18FN5/c1-25-11-23-16-7-4-13(9-17(16)25)10-26-12-24-19(20(26)14-5-6-14)18-15(21)3-2-8-22-18/h2-4,7-9,11-12,14H,5-6,10H2,1H3. The second-order valence-electron chi connectivity index (χ2n) is 6.89. The first-order chi connectivity index (χ1) is 12.7. The van der Waals surface area contributed by atoms with Gasteiger partial charge >= 0.3 is 0 Å². The van der Waals surface area contributed by atoms with Gasteiger partial charge < -0.3 is 9.13 Å². The van der Waals surface area contributed by atoms with E-state index in [1.807, 2.05) is 30.3 Å². The molecule has 5 nitrogen and oxygen atoms in total. The van der Waals surface area contributed by atoms with Gasteiger partial charge in [0.25, 0.3) is 0 Å². The molecule has 5 rings (SSSR count). The molecule has 0 amide bonds. The van der Waals surface area contributed by atoms with Crippen LogP contribution in [0, 0.1) is 5.82 Å². The van der Waals surface area contributed by atoms with E-state index in [2.05, 4.69) is 31.7 Å². The van der Waals surface area contributed by atoms with Crippen molar-refractivity contribution >= 4 is 11.0 Å². The largest absolute Gasteiger partial charge is 0.334 e. The van der Waals surface area contributed by atoms with E-state index in [1.54, 1.807) is 12.3 Å². The molecular weight excluding hydrogens is 329 g/mol. The predicted octanol–water partition coefficient (Wildman–Crippen LogP) is 3.90. The van der Waals surface area contributed by atoms with Crippen LogP contribution in [0.2, 0.25) is 0 Å². The Morgan fingerprint density at radius 3 is 2.77 bits per heavy atom. The van der Waals surface area contributed by atoms with Crippen LogP contribution >= 0.6 is 0 Å². The Morgan fingerprint density at radius 2 is 1.96 bits per heavy atom. The second kappa shape index (κ2) is 5.76. The van der Waals surface area contributed by atoms with Crippen molar-refractivity contribution in [1.29, 1.82) is 0 Å². The van der Waals surface area contributed by atoms with Crippen LogP contribution in [0.25, 0.3) is 22.4 Å². The first-order valence-corrected chi connectivity index (χ1v) is 8.76. The number of pyridine rings is 1. The third-order valence-electron chi connectivity index (χ3n) is 4.97. The van der Waals surface area contributed by atoms with Gasteiger partial charge in [-0.05, 0) is 42.7 Å². The predicted molar refractivity (Wildman–Crippen MR) is 97.2 cm³/mol. The van der Waals surface area contributed by atoms with E-state index in [-0.39, 0.29) is 5.82 Å². The number of hydrogen-bond donors (Lipinski definition) is 0. The summed E-state index contributed by atoms with van der Waals surface area (Å²) < 4.78 is 18.4. The maximum absolute atomic E-state index is 14.2. The lowest BCUT2D eigenvalue weighted by atomic mass is 10.1. The van der Waals surface area contributed by atoms with E-state index in [4.69, 9.17) is 0 Å². The number of fused-ring (bicyclic) bond motifs is 1. The fraction of sp³-hybridized carbons (Fsp3) is 0.250. The molecule has 1 aromatic carbocycles. The Hall–Kier alpha value is -3.02. The molecule has 1 saturated carbocycles. The molecule has 0 unspecified atom stereocenters. The quantitative estimate of drug-likeness (QED) is 0.563. The third kappa shape index (κ3) is 2.49. The Labute approximate surface area is 150 Å². The summed E-state index contributed by atoms with van der Waals surface area (Å²) in [4.78, 5) is 13.1. The van der Waals surface area contributed by atoms with Crippen molar-refractivity contribution in [3.05, 3.63) is 66.3 Å². The second-order valence-corrected chi connectivity index (χ2v) is 6.89. The van der Waals surface area contributed by atoms with Gasteiger partial charge in [0.2, 0.25) is 0 Å². The Morgan fingerprint density at radius 1 is 1.08 bits per heavy atom. The SMILES string of the molecule is Cn1cnc2ccc(Cn3cnc(-c4ncccc4F)c3C3CC3)cc21. The topological polar surface area (TPSA) is 48.5 Å². The molecule has 1 fully saturated rings. The minimum absolute atomic E-state index is 0.323. The lowest BCUT2D eigenvalue weighted by Gasteiger charge is -2.10.